The van der Waals surface area contributed by atoms with Crippen molar-refractivity contribution in [3.8, 4) is 5.69 Å². The zero-order valence-corrected chi connectivity index (χ0v) is 8.39. The molecule has 0 atom stereocenters. The second kappa shape index (κ2) is 2.83. The Morgan fingerprint density at radius 1 is 1.36 bits per heavy atom. The summed E-state index contributed by atoms with van der Waals surface area (Å²) in [6.45, 7) is 3.80. The molecule has 14 heavy (non-hydrogen) atoms. The fourth-order valence-corrected chi connectivity index (χ4v) is 1.36. The van der Waals surface area contributed by atoms with Crippen molar-refractivity contribution in [1.29, 1.82) is 0 Å². The van der Waals surface area contributed by atoms with E-state index in [9.17, 15) is 0 Å². The highest BCUT2D eigenvalue weighted by molar-refractivity contribution is 5.40. The van der Waals surface area contributed by atoms with E-state index < -0.39 is 0 Å². The summed E-state index contributed by atoms with van der Waals surface area (Å²) in [5.74, 6) is 0.452. The smallest absolute Gasteiger partial charge is 0.169 e. The first-order valence-electron chi connectivity index (χ1n) is 4.28. The standard InChI is InChI=1S/C8H12N6/c1-5-7(4-13(3)11-5)14-6(2)8(9)10-12-14/h4H,9H2,1-3H3. The number of hydrogen-bond acceptors (Lipinski definition) is 4. The van der Waals surface area contributed by atoms with Crippen molar-refractivity contribution in [2.45, 2.75) is 13.8 Å². The van der Waals surface area contributed by atoms with Crippen molar-refractivity contribution in [3.05, 3.63) is 17.6 Å². The summed E-state index contributed by atoms with van der Waals surface area (Å²) in [5, 5.41) is 12.0. The summed E-state index contributed by atoms with van der Waals surface area (Å²) in [6, 6.07) is 0. The zero-order valence-electron chi connectivity index (χ0n) is 8.39. The molecule has 6 heteroatoms. The van der Waals surface area contributed by atoms with Crippen molar-refractivity contribution in [2.75, 3.05) is 5.73 Å². The third-order valence-electron chi connectivity index (χ3n) is 2.15. The molecule has 0 saturated carbocycles. The molecule has 2 heterocycles. The zero-order chi connectivity index (χ0) is 10.3. The van der Waals surface area contributed by atoms with Crippen molar-refractivity contribution >= 4 is 5.82 Å². The van der Waals surface area contributed by atoms with Crippen LogP contribution in [0.5, 0.6) is 0 Å². The Balaban J connectivity index is 2.59. The average Bonchev–Trinajstić information content (AvgIpc) is 2.59. The first kappa shape index (κ1) is 8.74. The van der Waals surface area contributed by atoms with Gasteiger partial charge in [-0.2, -0.15) is 5.10 Å². The molecule has 2 rings (SSSR count). The van der Waals surface area contributed by atoms with E-state index in [0.29, 0.717) is 5.82 Å². The number of nitrogens with two attached hydrogens (primary N) is 1. The maximum Gasteiger partial charge on any atom is 0.169 e. The van der Waals surface area contributed by atoms with Crippen molar-refractivity contribution in [2.24, 2.45) is 7.05 Å². The van der Waals surface area contributed by atoms with E-state index in [1.54, 1.807) is 9.36 Å². The van der Waals surface area contributed by atoms with Crippen LogP contribution in [-0.2, 0) is 7.05 Å². The molecular weight excluding hydrogens is 180 g/mol. The third-order valence-corrected chi connectivity index (χ3v) is 2.15. The minimum Gasteiger partial charge on any atom is -0.381 e. The SMILES string of the molecule is Cc1nn(C)cc1-n1nnc(N)c1C. The van der Waals surface area contributed by atoms with Gasteiger partial charge in [0.2, 0.25) is 0 Å². The Labute approximate surface area is 81.3 Å². The summed E-state index contributed by atoms with van der Waals surface area (Å²) in [6.07, 6.45) is 1.89. The number of nitrogens with zero attached hydrogens (tertiary/aromatic N) is 5. The second-order valence-electron chi connectivity index (χ2n) is 3.25. The molecule has 0 amide bonds. The highest BCUT2D eigenvalue weighted by Crippen LogP contribution is 2.15. The number of anilines is 1. The average molecular weight is 192 g/mol. The Kier molecular flexibility index (Phi) is 1.77. The molecule has 74 valence electrons. The number of rotatable bonds is 1. The molecule has 2 N–H and O–H groups in total. The van der Waals surface area contributed by atoms with Crippen LogP contribution in [0.4, 0.5) is 5.82 Å². The van der Waals surface area contributed by atoms with E-state index in [2.05, 4.69) is 15.4 Å². The molecule has 0 aromatic carbocycles. The quantitative estimate of drug-likeness (QED) is 0.700. The van der Waals surface area contributed by atoms with Gasteiger partial charge in [0, 0.05) is 7.05 Å². The van der Waals surface area contributed by atoms with Crippen LogP contribution in [0.2, 0.25) is 0 Å². The molecule has 6 nitrogen and oxygen atoms in total. The Hall–Kier alpha value is -1.85. The highest BCUT2D eigenvalue weighted by atomic mass is 15.5. The van der Waals surface area contributed by atoms with Crippen molar-refractivity contribution in [1.82, 2.24) is 24.8 Å². The summed E-state index contributed by atoms with van der Waals surface area (Å²) < 4.78 is 3.43. The van der Waals surface area contributed by atoms with Gasteiger partial charge < -0.3 is 5.73 Å². The lowest BCUT2D eigenvalue weighted by Crippen LogP contribution is -2.00. The van der Waals surface area contributed by atoms with Crippen LogP contribution >= 0.6 is 0 Å². The lowest BCUT2D eigenvalue weighted by atomic mass is 10.4. The van der Waals surface area contributed by atoms with Gasteiger partial charge in [-0.25, -0.2) is 4.68 Å². The van der Waals surface area contributed by atoms with Gasteiger partial charge in [-0.1, -0.05) is 5.21 Å². The van der Waals surface area contributed by atoms with E-state index >= 15 is 0 Å². The molecule has 2 aromatic rings. The molecule has 0 radical (unpaired) electrons. The summed E-state index contributed by atoms with van der Waals surface area (Å²) in [5.41, 5.74) is 8.26. The van der Waals surface area contributed by atoms with Gasteiger partial charge in [0.25, 0.3) is 0 Å². The molecule has 0 aliphatic heterocycles. The molecule has 2 aromatic heterocycles. The second-order valence-corrected chi connectivity index (χ2v) is 3.25. The van der Waals surface area contributed by atoms with Crippen molar-refractivity contribution in [3.63, 3.8) is 0 Å². The molecule has 0 aliphatic rings. The number of aromatic nitrogens is 5. The third kappa shape index (κ3) is 1.15. The van der Waals surface area contributed by atoms with Crippen molar-refractivity contribution < 1.29 is 0 Å². The summed E-state index contributed by atoms with van der Waals surface area (Å²) >= 11 is 0. The Morgan fingerprint density at radius 2 is 2.07 bits per heavy atom. The molecule has 0 fully saturated rings. The van der Waals surface area contributed by atoms with Crippen LogP contribution in [0, 0.1) is 13.8 Å². The van der Waals surface area contributed by atoms with Crippen LogP contribution in [-0.4, -0.2) is 24.8 Å². The van der Waals surface area contributed by atoms with Crippen LogP contribution in [0.3, 0.4) is 0 Å². The molecule has 0 saturated heterocycles. The van der Waals surface area contributed by atoms with Crippen LogP contribution in [0.25, 0.3) is 5.69 Å². The van der Waals surface area contributed by atoms with Gasteiger partial charge in [0.15, 0.2) is 5.82 Å². The number of nitrogen functional groups attached to an aromatic ring is 1. The predicted molar refractivity (Wildman–Crippen MR) is 52.0 cm³/mol. The maximum absolute atomic E-state index is 5.61. The molecule has 0 unspecified atom stereocenters. The van der Waals surface area contributed by atoms with Crippen LogP contribution < -0.4 is 5.73 Å². The normalized spacial score (nSPS) is 10.8. The van der Waals surface area contributed by atoms with Crippen LogP contribution in [0.15, 0.2) is 6.20 Å². The minimum atomic E-state index is 0.452. The van der Waals surface area contributed by atoms with Gasteiger partial charge in [-0.3, -0.25) is 4.68 Å². The lowest BCUT2D eigenvalue weighted by Gasteiger charge is -1.99. The number of hydrogen-bond donors (Lipinski definition) is 1. The maximum atomic E-state index is 5.61. The Bertz CT molecular complexity index is 466. The van der Waals surface area contributed by atoms with E-state index in [4.69, 9.17) is 5.73 Å². The fraction of sp³-hybridized carbons (Fsp3) is 0.375. The fourth-order valence-electron chi connectivity index (χ4n) is 1.36. The number of aryl methyl sites for hydroxylation is 2. The van der Waals surface area contributed by atoms with E-state index in [1.165, 1.54) is 0 Å². The van der Waals surface area contributed by atoms with Gasteiger partial charge in [0.05, 0.1) is 17.6 Å². The van der Waals surface area contributed by atoms with Gasteiger partial charge in [0.1, 0.15) is 5.69 Å². The van der Waals surface area contributed by atoms with E-state index in [1.807, 2.05) is 27.1 Å². The lowest BCUT2D eigenvalue weighted by molar-refractivity contribution is 0.755. The minimum absolute atomic E-state index is 0.452. The first-order chi connectivity index (χ1) is 6.59. The summed E-state index contributed by atoms with van der Waals surface area (Å²) in [4.78, 5) is 0. The highest BCUT2D eigenvalue weighted by Gasteiger charge is 2.11. The van der Waals surface area contributed by atoms with Gasteiger partial charge in [-0.05, 0) is 13.8 Å². The largest absolute Gasteiger partial charge is 0.381 e. The summed E-state index contributed by atoms with van der Waals surface area (Å²) in [7, 11) is 1.87. The van der Waals surface area contributed by atoms with Gasteiger partial charge >= 0.3 is 0 Å². The molecule has 0 aliphatic carbocycles. The molecular formula is C8H12N6. The topological polar surface area (TPSA) is 74.5 Å². The van der Waals surface area contributed by atoms with E-state index in [0.717, 1.165) is 17.1 Å². The molecule has 0 spiro atoms. The predicted octanol–water partition coefficient (Wildman–Crippen LogP) is 0.200. The first-order valence-corrected chi connectivity index (χ1v) is 4.28. The Morgan fingerprint density at radius 3 is 2.50 bits per heavy atom. The molecule has 0 bridgehead atoms. The van der Waals surface area contributed by atoms with Gasteiger partial charge in [-0.15, -0.1) is 5.10 Å². The monoisotopic (exact) mass is 192 g/mol. The van der Waals surface area contributed by atoms with Crippen LogP contribution in [0.1, 0.15) is 11.4 Å². The van der Waals surface area contributed by atoms with E-state index in [-0.39, 0.29) is 0 Å².